The molecule has 0 aliphatic heterocycles. The Labute approximate surface area is 45.2 Å². The molecule has 0 N–H and O–H groups in total. The zero-order valence-electron chi connectivity index (χ0n) is 3.83. The van der Waals surface area contributed by atoms with Gasteiger partial charge in [-0.15, -0.1) is 0 Å². The molecule has 0 saturated carbocycles. The van der Waals surface area contributed by atoms with Gasteiger partial charge in [-0.25, -0.2) is 14.7 Å². The molecule has 0 unspecified atom stereocenters. The molecule has 8 heavy (non-hydrogen) atoms. The molecule has 0 spiro atoms. The normalized spacial score (nSPS) is 8.50. The Bertz CT molecular complexity index is 151. The smallest absolute Gasteiger partial charge is 0.242 e. The van der Waals surface area contributed by atoms with Gasteiger partial charge in [0.2, 0.25) is 6.08 Å². The van der Waals surface area contributed by atoms with E-state index in [0.29, 0.717) is 6.08 Å². The maximum absolute atomic E-state index is 9.49. The first-order valence-corrected chi connectivity index (χ1v) is 1.72. The number of carbonyl (C=O) groups excluding carboxylic acids is 2. The van der Waals surface area contributed by atoms with Crippen molar-refractivity contribution in [3.8, 4) is 0 Å². The summed E-state index contributed by atoms with van der Waals surface area (Å²) in [5.41, 5.74) is 0. The maximum Gasteiger partial charge on any atom is 0.380 e. The first-order chi connectivity index (χ1) is 3.77. The van der Waals surface area contributed by atoms with Crippen LogP contribution in [0.15, 0.2) is 17.3 Å². The van der Waals surface area contributed by atoms with Gasteiger partial charge in [0, 0.05) is 12.3 Å². The molecule has 0 saturated heterocycles. The van der Waals surface area contributed by atoms with E-state index in [4.69, 9.17) is 0 Å². The van der Waals surface area contributed by atoms with E-state index in [2.05, 4.69) is 4.99 Å². The molecular formula is C4H2NO3. The number of aliphatic imine (C=N–C) groups is 1. The zero-order chi connectivity index (χ0) is 6.41. The molecule has 41 valence electrons. The summed E-state index contributed by atoms with van der Waals surface area (Å²) in [6.07, 6.45) is 2.54. The fraction of sp³-hybridized carbons (Fsp3) is 0. The van der Waals surface area contributed by atoms with Crippen LogP contribution in [0.2, 0.25) is 0 Å². The molecule has 4 nitrogen and oxygen atoms in total. The van der Waals surface area contributed by atoms with E-state index in [1.54, 1.807) is 0 Å². The van der Waals surface area contributed by atoms with Gasteiger partial charge in [-0.3, -0.25) is 0 Å². The quantitative estimate of drug-likeness (QED) is 0.282. The number of hydrogen-bond acceptors (Lipinski definition) is 3. The highest BCUT2D eigenvalue weighted by atomic mass is 16.4. The van der Waals surface area contributed by atoms with Crippen LogP contribution in [-0.2, 0) is 14.7 Å². The summed E-state index contributed by atoms with van der Waals surface area (Å²) in [6.45, 7) is 0. The molecular weight excluding hydrogens is 110 g/mol. The lowest BCUT2D eigenvalue weighted by Crippen LogP contribution is -1.80. The molecule has 0 aromatic rings. The molecule has 0 aliphatic rings. The summed E-state index contributed by atoms with van der Waals surface area (Å²) in [7, 11) is 0. The largest absolute Gasteiger partial charge is 0.380 e. The Hall–Kier alpha value is -1.41. The van der Waals surface area contributed by atoms with Gasteiger partial charge >= 0.3 is 5.97 Å². The van der Waals surface area contributed by atoms with Gasteiger partial charge in [-0.2, -0.15) is 4.99 Å². The van der Waals surface area contributed by atoms with Gasteiger partial charge in [0.05, 0.1) is 0 Å². The highest BCUT2D eigenvalue weighted by Crippen LogP contribution is 1.70. The molecule has 0 bridgehead atoms. The fourth-order valence-electron chi connectivity index (χ4n) is 0.129. The fourth-order valence-corrected chi connectivity index (χ4v) is 0.129. The van der Waals surface area contributed by atoms with Crippen molar-refractivity contribution < 1.29 is 14.7 Å². The van der Waals surface area contributed by atoms with Crippen molar-refractivity contribution in [1.82, 2.24) is 0 Å². The Morgan fingerprint density at radius 3 is 2.62 bits per heavy atom. The van der Waals surface area contributed by atoms with Crippen molar-refractivity contribution in [2.75, 3.05) is 0 Å². The van der Waals surface area contributed by atoms with Crippen LogP contribution >= 0.6 is 0 Å². The molecule has 0 heterocycles. The summed E-state index contributed by atoms with van der Waals surface area (Å²) in [6, 6.07) is 0. The molecule has 0 fully saturated rings. The van der Waals surface area contributed by atoms with E-state index in [-0.39, 0.29) is 0 Å². The second-order valence-electron chi connectivity index (χ2n) is 0.855. The van der Waals surface area contributed by atoms with E-state index in [1.807, 2.05) is 0 Å². The van der Waals surface area contributed by atoms with Crippen molar-refractivity contribution in [1.29, 1.82) is 0 Å². The molecule has 0 rings (SSSR count). The lowest BCUT2D eigenvalue weighted by Gasteiger charge is -1.64. The lowest BCUT2D eigenvalue weighted by atomic mass is 10.6. The second-order valence-corrected chi connectivity index (χ2v) is 0.855. The van der Waals surface area contributed by atoms with Gasteiger partial charge in [0.25, 0.3) is 0 Å². The van der Waals surface area contributed by atoms with Crippen molar-refractivity contribution in [3.05, 3.63) is 12.3 Å². The van der Waals surface area contributed by atoms with Crippen LogP contribution in [0.5, 0.6) is 0 Å². The number of rotatable bonds is 2. The summed E-state index contributed by atoms with van der Waals surface area (Å²) < 4.78 is 0. The van der Waals surface area contributed by atoms with Gasteiger partial charge < -0.3 is 0 Å². The summed E-state index contributed by atoms with van der Waals surface area (Å²) in [5, 5.41) is 9.49. The van der Waals surface area contributed by atoms with Gasteiger partial charge in [0.15, 0.2) is 0 Å². The van der Waals surface area contributed by atoms with Crippen LogP contribution in [-0.4, -0.2) is 12.0 Å². The van der Waals surface area contributed by atoms with Crippen LogP contribution in [0.4, 0.5) is 0 Å². The number of carbonyl (C=O) groups is 1. The van der Waals surface area contributed by atoms with Crippen LogP contribution < -0.4 is 0 Å². The van der Waals surface area contributed by atoms with Crippen molar-refractivity contribution in [2.45, 2.75) is 0 Å². The van der Waals surface area contributed by atoms with Gasteiger partial charge in [-0.05, 0) is 0 Å². The summed E-state index contributed by atoms with van der Waals surface area (Å²) >= 11 is 0. The molecule has 0 aliphatic carbocycles. The third-order valence-electron chi connectivity index (χ3n) is 0.338. The minimum Gasteiger partial charge on any atom is -0.242 e. The summed E-state index contributed by atoms with van der Waals surface area (Å²) in [5.74, 6) is -1.39. The van der Waals surface area contributed by atoms with E-state index < -0.39 is 5.97 Å². The predicted molar refractivity (Wildman–Crippen MR) is 23.0 cm³/mol. The van der Waals surface area contributed by atoms with Crippen LogP contribution in [0.3, 0.4) is 0 Å². The first kappa shape index (κ1) is 6.59. The van der Waals surface area contributed by atoms with Crippen LogP contribution in [0, 0.1) is 0 Å². The highest BCUT2D eigenvalue weighted by molar-refractivity contribution is 5.79. The van der Waals surface area contributed by atoms with Crippen molar-refractivity contribution >= 4 is 12.0 Å². The molecule has 0 atom stereocenters. The monoisotopic (exact) mass is 112 g/mol. The highest BCUT2D eigenvalue weighted by Gasteiger charge is 1.84. The number of hydrogen-bond donors (Lipinski definition) is 0. The second kappa shape index (κ2) is 3.77. The first-order valence-electron chi connectivity index (χ1n) is 1.72. The van der Waals surface area contributed by atoms with Gasteiger partial charge in [0.1, 0.15) is 0 Å². The molecule has 1 radical (unpaired) electrons. The van der Waals surface area contributed by atoms with E-state index in [1.165, 1.54) is 0 Å². The zero-order valence-corrected chi connectivity index (χ0v) is 3.83. The SMILES string of the molecule is [O]C(=O)C=CN=C=O. The minimum absolute atomic E-state index is 0.630. The van der Waals surface area contributed by atoms with Crippen LogP contribution in [0.1, 0.15) is 0 Å². The third kappa shape index (κ3) is 4.59. The van der Waals surface area contributed by atoms with Crippen molar-refractivity contribution in [3.63, 3.8) is 0 Å². The molecule has 4 heteroatoms. The van der Waals surface area contributed by atoms with E-state index in [0.717, 1.165) is 12.3 Å². The molecule has 0 aromatic heterocycles. The van der Waals surface area contributed by atoms with E-state index >= 15 is 0 Å². The third-order valence-corrected chi connectivity index (χ3v) is 0.338. The maximum atomic E-state index is 9.49. The standard InChI is InChI=1S/C4H2NO3/c6-3-5-2-1-4(7)8/h1-2H. The lowest BCUT2D eigenvalue weighted by molar-refractivity contribution is -0.137. The molecule has 0 amide bonds. The molecule has 0 aromatic carbocycles. The van der Waals surface area contributed by atoms with Crippen LogP contribution in [0.25, 0.3) is 0 Å². The van der Waals surface area contributed by atoms with E-state index in [9.17, 15) is 14.7 Å². The Morgan fingerprint density at radius 2 is 2.25 bits per heavy atom. The summed E-state index contributed by atoms with van der Waals surface area (Å²) in [4.78, 5) is 21.5. The minimum atomic E-state index is -1.39. The van der Waals surface area contributed by atoms with Gasteiger partial charge in [-0.1, -0.05) is 0 Å². The van der Waals surface area contributed by atoms with Crippen molar-refractivity contribution in [2.24, 2.45) is 4.99 Å². The average molecular weight is 112 g/mol. The Balaban J connectivity index is 3.67. The Kier molecular flexibility index (Phi) is 3.10. The predicted octanol–water partition coefficient (Wildman–Crippen LogP) is -0.207. The topological polar surface area (TPSA) is 66.4 Å². The number of nitrogens with zero attached hydrogens (tertiary/aromatic N) is 1. The Morgan fingerprint density at radius 1 is 1.62 bits per heavy atom. The number of isocyanates is 1. The average Bonchev–Trinajstić information content (AvgIpc) is 1.66.